The number of nitrogens with two attached hydrogens (primary N) is 1. The van der Waals surface area contributed by atoms with Gasteiger partial charge in [-0.25, -0.2) is 4.39 Å². The number of primary amides is 1. The van der Waals surface area contributed by atoms with Gasteiger partial charge in [-0.2, -0.15) is 0 Å². The fourth-order valence-corrected chi connectivity index (χ4v) is 2.66. The third-order valence-electron chi connectivity index (χ3n) is 4.01. The number of ether oxygens (including phenoxy) is 1. The average molecular weight is 395 g/mol. The van der Waals surface area contributed by atoms with E-state index in [0.717, 1.165) is 0 Å². The highest BCUT2D eigenvalue weighted by Crippen LogP contribution is 2.11. The monoisotopic (exact) mass is 395 g/mol. The molecule has 8 nitrogen and oxygen atoms in total. The minimum atomic E-state index is -1.12. The lowest BCUT2D eigenvalue weighted by atomic mass is 9.96. The first-order chi connectivity index (χ1) is 13.1. The largest absolute Gasteiger partial charge is 0.466 e. The molecule has 0 radical (unpaired) electrons. The summed E-state index contributed by atoms with van der Waals surface area (Å²) in [6, 6.07) is 3.34. The van der Waals surface area contributed by atoms with Crippen molar-refractivity contribution in [3.8, 4) is 0 Å². The Morgan fingerprint density at radius 2 is 1.75 bits per heavy atom. The molecule has 1 aromatic carbocycles. The highest BCUT2D eigenvalue weighted by atomic mass is 19.1. The molecule has 3 amide bonds. The van der Waals surface area contributed by atoms with Gasteiger partial charge >= 0.3 is 5.97 Å². The van der Waals surface area contributed by atoms with Crippen molar-refractivity contribution in [3.05, 3.63) is 35.6 Å². The SMILES string of the molecule is CCOC(=O)C[C@H](C)[C@H](NC(=O)[C@H](Cc1ccc(F)cc1)NC(C)=O)C(N)=O. The molecule has 28 heavy (non-hydrogen) atoms. The van der Waals surface area contributed by atoms with Crippen molar-refractivity contribution in [2.45, 2.75) is 45.7 Å². The molecule has 0 saturated heterocycles. The van der Waals surface area contributed by atoms with Gasteiger partial charge in [-0.05, 0) is 30.5 Å². The molecule has 0 bridgehead atoms. The van der Waals surface area contributed by atoms with Crippen LogP contribution in [0.15, 0.2) is 24.3 Å². The van der Waals surface area contributed by atoms with E-state index in [0.29, 0.717) is 5.56 Å². The van der Waals surface area contributed by atoms with E-state index < -0.39 is 47.5 Å². The second-order valence-electron chi connectivity index (χ2n) is 6.46. The van der Waals surface area contributed by atoms with Crippen LogP contribution in [0.4, 0.5) is 4.39 Å². The molecule has 9 heteroatoms. The van der Waals surface area contributed by atoms with Gasteiger partial charge in [0.2, 0.25) is 17.7 Å². The van der Waals surface area contributed by atoms with Gasteiger partial charge in [0.15, 0.2) is 0 Å². The molecule has 0 aliphatic heterocycles. The number of carbonyl (C=O) groups is 4. The Morgan fingerprint density at radius 3 is 2.25 bits per heavy atom. The first kappa shape index (κ1) is 23.1. The van der Waals surface area contributed by atoms with Crippen molar-refractivity contribution in [2.75, 3.05) is 6.61 Å². The molecule has 0 fully saturated rings. The van der Waals surface area contributed by atoms with Gasteiger partial charge in [-0.3, -0.25) is 19.2 Å². The molecule has 3 atom stereocenters. The van der Waals surface area contributed by atoms with Crippen LogP contribution in [0.1, 0.15) is 32.8 Å². The topological polar surface area (TPSA) is 128 Å². The first-order valence-electron chi connectivity index (χ1n) is 8.90. The van der Waals surface area contributed by atoms with Crippen LogP contribution in [0.3, 0.4) is 0 Å². The zero-order valence-corrected chi connectivity index (χ0v) is 16.2. The summed E-state index contributed by atoms with van der Waals surface area (Å²) in [6.45, 7) is 4.69. The van der Waals surface area contributed by atoms with Crippen molar-refractivity contribution >= 4 is 23.7 Å². The number of carbonyl (C=O) groups excluding carboxylic acids is 4. The van der Waals surface area contributed by atoms with E-state index in [-0.39, 0.29) is 19.4 Å². The maximum absolute atomic E-state index is 13.1. The number of benzene rings is 1. The number of amides is 3. The number of hydrogen-bond acceptors (Lipinski definition) is 5. The summed E-state index contributed by atoms with van der Waals surface area (Å²) >= 11 is 0. The summed E-state index contributed by atoms with van der Waals surface area (Å²) < 4.78 is 17.9. The van der Waals surface area contributed by atoms with Crippen LogP contribution >= 0.6 is 0 Å². The van der Waals surface area contributed by atoms with E-state index in [2.05, 4.69) is 10.6 Å². The Bertz CT molecular complexity index is 708. The fraction of sp³-hybridized carbons (Fsp3) is 0.474. The Labute approximate surface area is 163 Å². The lowest BCUT2D eigenvalue weighted by molar-refractivity contribution is -0.145. The summed E-state index contributed by atoms with van der Waals surface area (Å²) in [5.74, 6) is -3.44. The predicted molar refractivity (Wildman–Crippen MR) is 99.2 cm³/mol. The van der Waals surface area contributed by atoms with Gasteiger partial charge < -0.3 is 21.1 Å². The van der Waals surface area contributed by atoms with Gasteiger partial charge in [0.25, 0.3) is 0 Å². The highest BCUT2D eigenvalue weighted by molar-refractivity contribution is 5.91. The van der Waals surface area contributed by atoms with Crippen LogP contribution in [0, 0.1) is 11.7 Å². The lowest BCUT2D eigenvalue weighted by Crippen LogP contribution is -2.55. The van der Waals surface area contributed by atoms with E-state index in [4.69, 9.17) is 10.5 Å². The van der Waals surface area contributed by atoms with E-state index in [1.165, 1.54) is 31.2 Å². The smallest absolute Gasteiger partial charge is 0.306 e. The third kappa shape index (κ3) is 7.73. The molecule has 0 aromatic heterocycles. The normalized spacial score (nSPS) is 13.7. The Hall–Kier alpha value is -2.97. The molecule has 0 saturated carbocycles. The quantitative estimate of drug-likeness (QED) is 0.495. The zero-order chi connectivity index (χ0) is 21.3. The van der Waals surface area contributed by atoms with Gasteiger partial charge in [-0.15, -0.1) is 0 Å². The second kappa shape index (κ2) is 11.0. The second-order valence-corrected chi connectivity index (χ2v) is 6.46. The Morgan fingerprint density at radius 1 is 1.14 bits per heavy atom. The van der Waals surface area contributed by atoms with Crippen LogP contribution in [-0.2, 0) is 30.3 Å². The van der Waals surface area contributed by atoms with Crippen molar-refractivity contribution in [3.63, 3.8) is 0 Å². The number of nitrogens with one attached hydrogen (secondary N) is 2. The van der Waals surface area contributed by atoms with Crippen LogP contribution in [0.5, 0.6) is 0 Å². The molecule has 0 spiro atoms. The predicted octanol–water partition coefficient (Wildman–Crippen LogP) is 0.432. The zero-order valence-electron chi connectivity index (χ0n) is 16.2. The van der Waals surface area contributed by atoms with Crippen LogP contribution < -0.4 is 16.4 Å². The van der Waals surface area contributed by atoms with E-state index in [9.17, 15) is 23.6 Å². The van der Waals surface area contributed by atoms with Crippen molar-refractivity contribution < 1.29 is 28.3 Å². The minimum absolute atomic E-state index is 0.0867. The average Bonchev–Trinajstić information content (AvgIpc) is 2.60. The Balaban J connectivity index is 2.89. The Kier molecular flexibility index (Phi) is 9.07. The molecule has 0 aliphatic rings. The molecule has 1 aromatic rings. The summed E-state index contributed by atoms with van der Waals surface area (Å²) in [5.41, 5.74) is 5.99. The molecular formula is C19H26FN3O5. The number of esters is 1. The number of halogens is 1. The summed E-state index contributed by atoms with van der Waals surface area (Å²) in [7, 11) is 0. The lowest BCUT2D eigenvalue weighted by Gasteiger charge is -2.25. The summed E-state index contributed by atoms with van der Waals surface area (Å²) in [4.78, 5) is 47.5. The van der Waals surface area contributed by atoms with E-state index >= 15 is 0 Å². The van der Waals surface area contributed by atoms with Crippen molar-refractivity contribution in [2.24, 2.45) is 11.7 Å². The molecular weight excluding hydrogens is 369 g/mol. The molecule has 0 heterocycles. The minimum Gasteiger partial charge on any atom is -0.466 e. The highest BCUT2D eigenvalue weighted by Gasteiger charge is 2.30. The van der Waals surface area contributed by atoms with Crippen LogP contribution in [0.2, 0.25) is 0 Å². The van der Waals surface area contributed by atoms with Crippen LogP contribution in [0.25, 0.3) is 0 Å². The van der Waals surface area contributed by atoms with Crippen molar-refractivity contribution in [1.29, 1.82) is 0 Å². The van der Waals surface area contributed by atoms with Gasteiger partial charge in [0, 0.05) is 13.3 Å². The first-order valence-corrected chi connectivity index (χ1v) is 8.90. The van der Waals surface area contributed by atoms with E-state index in [1.54, 1.807) is 13.8 Å². The number of hydrogen-bond donors (Lipinski definition) is 3. The maximum Gasteiger partial charge on any atom is 0.306 e. The third-order valence-corrected chi connectivity index (χ3v) is 4.01. The molecule has 4 N–H and O–H groups in total. The fourth-order valence-electron chi connectivity index (χ4n) is 2.66. The molecule has 0 aliphatic carbocycles. The molecule has 154 valence electrons. The van der Waals surface area contributed by atoms with Crippen molar-refractivity contribution in [1.82, 2.24) is 10.6 Å². The van der Waals surface area contributed by atoms with E-state index in [1.807, 2.05) is 0 Å². The van der Waals surface area contributed by atoms with Gasteiger partial charge in [-0.1, -0.05) is 19.1 Å². The van der Waals surface area contributed by atoms with Crippen LogP contribution in [-0.4, -0.2) is 42.4 Å². The standard InChI is InChI=1S/C19H26FN3O5/c1-4-28-16(25)9-11(2)17(18(21)26)23-19(27)15(22-12(3)24)10-13-5-7-14(20)8-6-13/h5-8,11,15,17H,4,9-10H2,1-3H3,(H2,21,26)(H,22,24)(H,23,27)/t11-,15-,17-/m0/s1. The summed E-state index contributed by atoms with van der Waals surface area (Å²) in [6.07, 6.45) is -0.0199. The summed E-state index contributed by atoms with van der Waals surface area (Å²) in [5, 5.41) is 4.99. The maximum atomic E-state index is 13.1. The van der Waals surface area contributed by atoms with Gasteiger partial charge in [0.1, 0.15) is 17.9 Å². The molecule has 1 rings (SSSR count). The molecule has 0 unspecified atom stereocenters. The van der Waals surface area contributed by atoms with Gasteiger partial charge in [0.05, 0.1) is 13.0 Å². The number of rotatable bonds is 10.